The topological polar surface area (TPSA) is 117 Å². The van der Waals surface area contributed by atoms with Crippen LogP contribution in [0.1, 0.15) is 32.1 Å². The quantitative estimate of drug-likeness (QED) is 0.591. The van der Waals surface area contributed by atoms with E-state index in [9.17, 15) is 9.59 Å². The number of ether oxygens (including phenoxy) is 1. The molecule has 0 bridgehead atoms. The number of amides is 1. The Labute approximate surface area is 155 Å². The van der Waals surface area contributed by atoms with Crippen LogP contribution in [-0.2, 0) is 12.8 Å². The normalized spacial score (nSPS) is 10.4. The van der Waals surface area contributed by atoms with Gasteiger partial charge in [-0.25, -0.2) is 4.79 Å². The number of anilines is 1. The van der Waals surface area contributed by atoms with Gasteiger partial charge in [-0.1, -0.05) is 12.1 Å². The van der Waals surface area contributed by atoms with Crippen LogP contribution >= 0.6 is 0 Å². The average Bonchev–Trinajstić information content (AvgIpc) is 3.14. The third kappa shape index (κ3) is 4.69. The number of hydrogen-bond donors (Lipinski definition) is 3. The molecule has 1 aromatic carbocycles. The Hall–Kier alpha value is -3.68. The van der Waals surface area contributed by atoms with Crippen molar-refractivity contribution in [2.45, 2.75) is 12.8 Å². The zero-order chi connectivity index (χ0) is 19.2. The fourth-order valence-electron chi connectivity index (χ4n) is 2.50. The fourth-order valence-corrected chi connectivity index (χ4v) is 2.50. The van der Waals surface area contributed by atoms with Gasteiger partial charge in [0.25, 0.3) is 5.91 Å². The monoisotopic (exact) mass is 366 g/mol. The van der Waals surface area contributed by atoms with Gasteiger partial charge in [0, 0.05) is 12.3 Å². The van der Waals surface area contributed by atoms with E-state index in [4.69, 9.17) is 9.84 Å². The van der Waals surface area contributed by atoms with Gasteiger partial charge in [-0.15, -0.1) is 0 Å². The molecule has 0 radical (unpaired) electrons. The van der Waals surface area contributed by atoms with E-state index >= 15 is 0 Å². The predicted octanol–water partition coefficient (Wildman–Crippen LogP) is 2.55. The summed E-state index contributed by atoms with van der Waals surface area (Å²) in [4.78, 5) is 26.8. The van der Waals surface area contributed by atoms with Gasteiger partial charge in [-0.3, -0.25) is 14.9 Å². The van der Waals surface area contributed by atoms with Gasteiger partial charge in [0.1, 0.15) is 17.3 Å². The lowest BCUT2D eigenvalue weighted by Crippen LogP contribution is -2.14. The maximum absolute atomic E-state index is 12.2. The molecule has 0 spiro atoms. The molecule has 27 heavy (non-hydrogen) atoms. The molecule has 8 nitrogen and oxygen atoms in total. The van der Waals surface area contributed by atoms with Crippen molar-refractivity contribution in [1.29, 1.82) is 0 Å². The molecule has 0 fully saturated rings. The molecule has 1 amide bonds. The summed E-state index contributed by atoms with van der Waals surface area (Å²) in [5, 5.41) is 18.5. The number of aryl methyl sites for hydroxylation is 2. The predicted molar refractivity (Wildman–Crippen MR) is 98.1 cm³/mol. The van der Waals surface area contributed by atoms with Crippen LogP contribution in [0, 0.1) is 0 Å². The largest absolute Gasteiger partial charge is 0.497 e. The number of rotatable bonds is 7. The maximum atomic E-state index is 12.2. The molecule has 0 atom stereocenters. The fraction of sp³-hybridized carbons (Fsp3) is 0.158. The van der Waals surface area contributed by atoms with E-state index in [2.05, 4.69) is 20.5 Å². The van der Waals surface area contributed by atoms with Crippen molar-refractivity contribution in [2.75, 3.05) is 12.4 Å². The zero-order valence-electron chi connectivity index (χ0n) is 14.6. The Morgan fingerprint density at radius 2 is 2.04 bits per heavy atom. The van der Waals surface area contributed by atoms with E-state index in [-0.39, 0.29) is 11.3 Å². The average molecular weight is 366 g/mol. The van der Waals surface area contributed by atoms with Crippen molar-refractivity contribution >= 4 is 17.7 Å². The van der Waals surface area contributed by atoms with Gasteiger partial charge in [-0.2, -0.15) is 5.10 Å². The van der Waals surface area contributed by atoms with E-state index in [0.29, 0.717) is 12.2 Å². The Morgan fingerprint density at radius 3 is 2.74 bits per heavy atom. The second-order valence-corrected chi connectivity index (χ2v) is 5.82. The minimum Gasteiger partial charge on any atom is -0.497 e. The lowest BCUT2D eigenvalue weighted by atomic mass is 10.1. The highest BCUT2D eigenvalue weighted by molar-refractivity contribution is 6.02. The molecule has 0 aliphatic carbocycles. The minimum absolute atomic E-state index is 0.0212. The van der Waals surface area contributed by atoms with Crippen molar-refractivity contribution in [3.05, 3.63) is 71.2 Å². The number of hydrogen-bond acceptors (Lipinski definition) is 5. The molecule has 0 aliphatic rings. The third-order valence-corrected chi connectivity index (χ3v) is 3.93. The summed E-state index contributed by atoms with van der Waals surface area (Å²) < 4.78 is 5.21. The smallest absolute Gasteiger partial charge is 0.337 e. The highest BCUT2D eigenvalue weighted by atomic mass is 16.5. The van der Waals surface area contributed by atoms with Gasteiger partial charge in [0.2, 0.25) is 0 Å². The highest BCUT2D eigenvalue weighted by Crippen LogP contribution is 2.15. The van der Waals surface area contributed by atoms with Gasteiger partial charge < -0.3 is 15.2 Å². The molecular formula is C19H18N4O4. The van der Waals surface area contributed by atoms with Crippen molar-refractivity contribution in [2.24, 2.45) is 0 Å². The summed E-state index contributed by atoms with van der Waals surface area (Å²) in [7, 11) is 1.63. The Balaban J connectivity index is 1.58. The SMILES string of the molecule is COc1cccc(CCc2cc(NC(=O)c3ccc(C(=O)O)cn3)[nH]n2)c1. The number of nitrogens with zero attached hydrogens (tertiary/aromatic N) is 2. The van der Waals surface area contributed by atoms with Crippen molar-refractivity contribution in [3.8, 4) is 5.75 Å². The first-order valence-corrected chi connectivity index (χ1v) is 8.23. The van der Waals surface area contributed by atoms with Gasteiger partial charge >= 0.3 is 5.97 Å². The van der Waals surface area contributed by atoms with Crippen molar-refractivity contribution in [3.63, 3.8) is 0 Å². The first-order valence-electron chi connectivity index (χ1n) is 8.23. The Bertz CT molecular complexity index is 950. The molecule has 2 aromatic heterocycles. The number of aromatic amines is 1. The molecule has 0 aliphatic heterocycles. The molecule has 0 unspecified atom stereocenters. The number of nitrogens with one attached hydrogen (secondary N) is 2. The van der Waals surface area contributed by atoms with Crippen LogP contribution in [0.4, 0.5) is 5.82 Å². The first-order chi connectivity index (χ1) is 13.0. The van der Waals surface area contributed by atoms with E-state index < -0.39 is 11.9 Å². The maximum Gasteiger partial charge on any atom is 0.337 e. The number of aromatic nitrogens is 3. The number of carbonyl (C=O) groups excluding carboxylic acids is 1. The zero-order valence-corrected chi connectivity index (χ0v) is 14.6. The number of aromatic carboxylic acids is 1. The molecule has 8 heteroatoms. The highest BCUT2D eigenvalue weighted by Gasteiger charge is 2.11. The van der Waals surface area contributed by atoms with Crippen molar-refractivity contribution in [1.82, 2.24) is 15.2 Å². The molecule has 2 heterocycles. The second kappa shape index (κ2) is 8.13. The molecule has 138 valence electrons. The number of H-pyrrole nitrogens is 1. The number of carbonyl (C=O) groups is 2. The summed E-state index contributed by atoms with van der Waals surface area (Å²) in [5.74, 6) is -0.285. The molecule has 3 N–H and O–H groups in total. The number of pyridine rings is 1. The van der Waals surface area contributed by atoms with Crippen LogP contribution in [0.5, 0.6) is 5.75 Å². The van der Waals surface area contributed by atoms with Gasteiger partial charge in [0.05, 0.1) is 18.4 Å². The van der Waals surface area contributed by atoms with Gasteiger partial charge in [-0.05, 0) is 42.7 Å². The molecule has 3 rings (SSSR count). The number of carboxylic acids is 1. The third-order valence-electron chi connectivity index (χ3n) is 3.93. The molecule has 0 saturated carbocycles. The van der Waals surface area contributed by atoms with Crippen LogP contribution in [0.15, 0.2) is 48.7 Å². The summed E-state index contributed by atoms with van der Waals surface area (Å²) in [5.41, 5.74) is 2.08. The molecule has 3 aromatic rings. The van der Waals surface area contributed by atoms with E-state index in [1.54, 1.807) is 13.2 Å². The van der Waals surface area contributed by atoms with Crippen LogP contribution < -0.4 is 10.1 Å². The lowest BCUT2D eigenvalue weighted by Gasteiger charge is -2.03. The summed E-state index contributed by atoms with van der Waals surface area (Å²) in [6.07, 6.45) is 2.63. The van der Waals surface area contributed by atoms with E-state index in [0.717, 1.165) is 29.6 Å². The molecular weight excluding hydrogens is 348 g/mol. The number of carboxylic acid groups (broad SMARTS) is 1. The standard InChI is InChI=1S/C19H18N4O4/c1-27-15-4-2-3-12(9-15)5-7-14-10-17(23-22-14)21-18(24)16-8-6-13(11-20-16)19(25)26/h2-4,6,8-11H,5,7H2,1H3,(H,25,26)(H2,21,22,23,24). The lowest BCUT2D eigenvalue weighted by molar-refractivity contribution is 0.0695. The summed E-state index contributed by atoms with van der Waals surface area (Å²) in [6.45, 7) is 0. The van der Waals surface area contributed by atoms with Crippen LogP contribution in [0.2, 0.25) is 0 Å². The second-order valence-electron chi connectivity index (χ2n) is 5.82. The minimum atomic E-state index is -1.09. The van der Waals surface area contributed by atoms with Gasteiger partial charge in [0.15, 0.2) is 0 Å². The van der Waals surface area contributed by atoms with E-state index in [1.807, 2.05) is 24.3 Å². The summed E-state index contributed by atoms with van der Waals surface area (Å²) in [6, 6.07) is 12.3. The van der Waals surface area contributed by atoms with Crippen LogP contribution in [0.3, 0.4) is 0 Å². The van der Waals surface area contributed by atoms with E-state index in [1.165, 1.54) is 12.1 Å². The number of methoxy groups -OCH3 is 1. The molecule has 0 saturated heterocycles. The number of benzene rings is 1. The van der Waals surface area contributed by atoms with Crippen LogP contribution in [-0.4, -0.2) is 39.3 Å². The van der Waals surface area contributed by atoms with Crippen molar-refractivity contribution < 1.29 is 19.4 Å². The Morgan fingerprint density at radius 1 is 1.19 bits per heavy atom. The first kappa shape index (κ1) is 18.1. The Kier molecular flexibility index (Phi) is 5.46. The van der Waals surface area contributed by atoms with Crippen LogP contribution in [0.25, 0.3) is 0 Å². The summed E-state index contributed by atoms with van der Waals surface area (Å²) >= 11 is 0.